The van der Waals surface area contributed by atoms with E-state index >= 15 is 0 Å². The molecule has 0 bridgehead atoms. The number of benzene rings is 1. The Morgan fingerprint density at radius 1 is 1.32 bits per heavy atom. The number of primary amides is 1. The van der Waals surface area contributed by atoms with Gasteiger partial charge in [-0.3, -0.25) is 9.59 Å². The van der Waals surface area contributed by atoms with Crippen LogP contribution in [0, 0.1) is 6.92 Å². The van der Waals surface area contributed by atoms with Gasteiger partial charge < -0.3 is 10.5 Å². The van der Waals surface area contributed by atoms with Gasteiger partial charge in [0.1, 0.15) is 6.04 Å². The molecule has 8 heteroatoms. The average Bonchev–Trinajstić information content (AvgIpc) is 2.95. The van der Waals surface area contributed by atoms with Crippen molar-refractivity contribution in [3.05, 3.63) is 29.8 Å². The fourth-order valence-corrected chi connectivity index (χ4v) is 3.99. The number of carbonyl (C=O) groups is 2. The van der Waals surface area contributed by atoms with Crippen LogP contribution >= 0.6 is 0 Å². The molecule has 0 saturated carbocycles. The van der Waals surface area contributed by atoms with Crippen LogP contribution in [0.1, 0.15) is 18.4 Å². The molecule has 7 nitrogen and oxygen atoms in total. The van der Waals surface area contributed by atoms with Crippen LogP contribution in [0.5, 0.6) is 0 Å². The Labute approximate surface area is 129 Å². The van der Waals surface area contributed by atoms with Crippen molar-refractivity contribution in [2.75, 3.05) is 13.2 Å². The van der Waals surface area contributed by atoms with E-state index in [4.69, 9.17) is 10.5 Å². The highest BCUT2D eigenvalue weighted by Crippen LogP contribution is 2.27. The summed E-state index contributed by atoms with van der Waals surface area (Å²) < 4.78 is 31.1. The van der Waals surface area contributed by atoms with E-state index in [0.29, 0.717) is 12.8 Å². The maximum absolute atomic E-state index is 12.6. The molecule has 1 atom stereocenters. The quantitative estimate of drug-likeness (QED) is 0.777. The van der Waals surface area contributed by atoms with E-state index in [9.17, 15) is 18.0 Å². The summed E-state index contributed by atoms with van der Waals surface area (Å²) in [6.45, 7) is 1.55. The molecule has 0 aliphatic carbocycles. The smallest absolute Gasteiger partial charge is 0.324 e. The Kier molecular flexibility index (Phi) is 4.82. The van der Waals surface area contributed by atoms with Gasteiger partial charge in [0, 0.05) is 6.54 Å². The van der Waals surface area contributed by atoms with Gasteiger partial charge in [-0.25, -0.2) is 8.42 Å². The number of hydrogen-bond acceptors (Lipinski definition) is 5. The van der Waals surface area contributed by atoms with Gasteiger partial charge in [0.05, 0.1) is 4.90 Å². The largest absolute Gasteiger partial charge is 0.454 e. The number of hydrogen-bond donors (Lipinski definition) is 1. The van der Waals surface area contributed by atoms with Crippen molar-refractivity contribution in [3.8, 4) is 0 Å². The third-order valence-corrected chi connectivity index (χ3v) is 5.38. The van der Waals surface area contributed by atoms with Crippen LogP contribution in [0.3, 0.4) is 0 Å². The standard InChI is InChI=1S/C14H18N2O5S/c1-10-4-6-11(7-5-10)22(19,20)16-8-2-3-12(16)14(18)21-9-13(15)17/h4-7,12H,2-3,8-9H2,1H3,(H2,15,17)/t12-/m0/s1. The molecule has 1 amide bonds. The minimum atomic E-state index is -3.77. The Bertz CT molecular complexity index is 669. The summed E-state index contributed by atoms with van der Waals surface area (Å²) in [4.78, 5) is 22.8. The van der Waals surface area contributed by atoms with E-state index in [1.165, 1.54) is 12.1 Å². The summed E-state index contributed by atoms with van der Waals surface area (Å²) in [5.41, 5.74) is 5.86. The van der Waals surface area contributed by atoms with E-state index in [1.807, 2.05) is 6.92 Å². The molecular weight excluding hydrogens is 308 g/mol. The van der Waals surface area contributed by atoms with Crippen molar-refractivity contribution in [3.63, 3.8) is 0 Å². The lowest BCUT2D eigenvalue weighted by Gasteiger charge is -2.22. The Morgan fingerprint density at radius 3 is 2.55 bits per heavy atom. The second-order valence-corrected chi connectivity index (χ2v) is 7.05. The predicted octanol–water partition coefficient (Wildman–Crippen LogP) is 0.177. The molecule has 0 unspecified atom stereocenters. The summed E-state index contributed by atoms with van der Waals surface area (Å²) in [6, 6.07) is 5.50. The zero-order valence-electron chi connectivity index (χ0n) is 12.2. The first kappa shape index (κ1) is 16.4. The van der Waals surface area contributed by atoms with Crippen molar-refractivity contribution in [1.29, 1.82) is 0 Å². The first-order chi connectivity index (χ1) is 10.3. The zero-order valence-corrected chi connectivity index (χ0v) is 13.0. The van der Waals surface area contributed by atoms with Crippen LogP contribution in [0.2, 0.25) is 0 Å². The molecule has 1 aliphatic heterocycles. The highest BCUT2D eigenvalue weighted by atomic mass is 32.2. The molecule has 0 spiro atoms. The van der Waals surface area contributed by atoms with E-state index in [1.54, 1.807) is 12.1 Å². The second-order valence-electron chi connectivity index (χ2n) is 5.16. The van der Waals surface area contributed by atoms with Gasteiger partial charge in [-0.05, 0) is 31.9 Å². The van der Waals surface area contributed by atoms with Crippen LogP contribution in [0.15, 0.2) is 29.2 Å². The molecule has 0 radical (unpaired) electrons. The summed E-state index contributed by atoms with van der Waals surface area (Å²) in [6.07, 6.45) is 0.921. The van der Waals surface area contributed by atoms with Crippen molar-refractivity contribution in [2.24, 2.45) is 5.73 Å². The highest BCUT2D eigenvalue weighted by Gasteiger charge is 2.40. The van der Waals surface area contributed by atoms with Gasteiger partial charge in [0.25, 0.3) is 5.91 Å². The van der Waals surface area contributed by atoms with Crippen molar-refractivity contribution < 1.29 is 22.7 Å². The van der Waals surface area contributed by atoms with Gasteiger partial charge in [0.15, 0.2) is 6.61 Å². The lowest BCUT2D eigenvalue weighted by Crippen LogP contribution is -2.42. The molecule has 0 aromatic heterocycles. The van der Waals surface area contributed by atoms with Crippen LogP contribution in [-0.2, 0) is 24.3 Å². The Morgan fingerprint density at radius 2 is 1.95 bits per heavy atom. The van der Waals surface area contributed by atoms with Crippen LogP contribution < -0.4 is 5.73 Å². The number of sulfonamides is 1. The van der Waals surface area contributed by atoms with Gasteiger partial charge in [-0.15, -0.1) is 0 Å². The molecule has 22 heavy (non-hydrogen) atoms. The second kappa shape index (κ2) is 6.45. The van der Waals surface area contributed by atoms with Crippen molar-refractivity contribution in [2.45, 2.75) is 30.7 Å². The zero-order chi connectivity index (χ0) is 16.3. The first-order valence-electron chi connectivity index (χ1n) is 6.86. The molecule has 1 aliphatic rings. The number of carbonyl (C=O) groups excluding carboxylic acids is 2. The maximum Gasteiger partial charge on any atom is 0.324 e. The third kappa shape index (κ3) is 3.45. The number of ether oxygens (including phenoxy) is 1. The number of esters is 1. The summed E-state index contributed by atoms with van der Waals surface area (Å²) in [5.74, 6) is -1.52. The Balaban J connectivity index is 2.20. The SMILES string of the molecule is Cc1ccc(S(=O)(=O)N2CCC[C@H]2C(=O)OCC(N)=O)cc1. The molecule has 120 valence electrons. The minimum absolute atomic E-state index is 0.132. The number of nitrogens with two attached hydrogens (primary N) is 1. The van der Waals surface area contributed by atoms with Crippen LogP contribution in [0.4, 0.5) is 0 Å². The molecule has 1 aromatic carbocycles. The number of rotatable bonds is 5. The van der Waals surface area contributed by atoms with Gasteiger partial charge in [-0.2, -0.15) is 4.31 Å². The molecule has 2 rings (SSSR count). The highest BCUT2D eigenvalue weighted by molar-refractivity contribution is 7.89. The summed E-state index contributed by atoms with van der Waals surface area (Å²) in [7, 11) is -3.77. The third-order valence-electron chi connectivity index (χ3n) is 3.46. The van der Waals surface area contributed by atoms with E-state index in [0.717, 1.165) is 9.87 Å². The monoisotopic (exact) mass is 326 g/mol. The lowest BCUT2D eigenvalue weighted by atomic mass is 10.2. The molecule has 2 N–H and O–H groups in total. The van der Waals surface area contributed by atoms with Gasteiger partial charge in [0.2, 0.25) is 10.0 Å². The van der Waals surface area contributed by atoms with E-state index in [-0.39, 0.29) is 11.4 Å². The fourth-order valence-electron chi connectivity index (χ4n) is 2.35. The Hall–Kier alpha value is -1.93. The van der Waals surface area contributed by atoms with E-state index < -0.39 is 34.5 Å². The fraction of sp³-hybridized carbons (Fsp3) is 0.429. The van der Waals surface area contributed by atoms with Crippen LogP contribution in [0.25, 0.3) is 0 Å². The molecule has 1 aromatic rings. The number of aryl methyl sites for hydroxylation is 1. The first-order valence-corrected chi connectivity index (χ1v) is 8.30. The topological polar surface area (TPSA) is 107 Å². The van der Waals surface area contributed by atoms with Gasteiger partial charge in [-0.1, -0.05) is 17.7 Å². The molecule has 1 fully saturated rings. The maximum atomic E-state index is 12.6. The van der Waals surface area contributed by atoms with Gasteiger partial charge >= 0.3 is 5.97 Å². The summed E-state index contributed by atoms with van der Waals surface area (Å²) >= 11 is 0. The molecular formula is C14H18N2O5S. The number of amides is 1. The van der Waals surface area contributed by atoms with Crippen molar-refractivity contribution in [1.82, 2.24) is 4.31 Å². The number of nitrogens with zero attached hydrogens (tertiary/aromatic N) is 1. The lowest BCUT2D eigenvalue weighted by molar-refractivity contribution is -0.151. The minimum Gasteiger partial charge on any atom is -0.454 e. The predicted molar refractivity (Wildman–Crippen MR) is 78.2 cm³/mol. The normalized spacial score (nSPS) is 19.0. The molecule has 1 heterocycles. The molecule has 1 saturated heterocycles. The van der Waals surface area contributed by atoms with E-state index in [2.05, 4.69) is 0 Å². The van der Waals surface area contributed by atoms with Crippen LogP contribution in [-0.4, -0.2) is 43.8 Å². The summed E-state index contributed by atoms with van der Waals surface area (Å²) in [5, 5.41) is 0. The average molecular weight is 326 g/mol. The van der Waals surface area contributed by atoms with Crippen molar-refractivity contribution >= 4 is 21.9 Å².